The number of hydrogen-bond acceptors (Lipinski definition) is 3. The zero-order valence-corrected chi connectivity index (χ0v) is 15.1. The largest absolute Gasteiger partial charge is 0.329 e. The minimum Gasteiger partial charge on any atom is -0.329 e. The topological polar surface area (TPSA) is 42.1 Å². The Morgan fingerprint density at radius 2 is 2.10 bits per heavy atom. The third kappa shape index (κ3) is 4.51. The van der Waals surface area contributed by atoms with Gasteiger partial charge in [-0.2, -0.15) is 0 Å². The molecule has 118 valence electrons. The molecule has 0 amide bonds. The van der Waals surface area contributed by atoms with Crippen LogP contribution >= 0.6 is 15.9 Å². The molecule has 0 saturated carbocycles. The van der Waals surface area contributed by atoms with E-state index < -0.39 is 0 Å². The van der Waals surface area contributed by atoms with Gasteiger partial charge in [0.15, 0.2) is 0 Å². The van der Waals surface area contributed by atoms with Crippen LogP contribution in [0.2, 0.25) is 0 Å². The van der Waals surface area contributed by atoms with Gasteiger partial charge in [0.1, 0.15) is 0 Å². The van der Waals surface area contributed by atoms with Crippen LogP contribution in [0.5, 0.6) is 0 Å². The van der Waals surface area contributed by atoms with E-state index in [2.05, 4.69) is 52.7 Å². The molecule has 0 bridgehead atoms. The molecule has 2 rings (SSSR count). The van der Waals surface area contributed by atoms with Crippen molar-refractivity contribution in [3.63, 3.8) is 0 Å². The quantitative estimate of drug-likeness (QED) is 0.892. The summed E-state index contributed by atoms with van der Waals surface area (Å²) in [6.45, 7) is 10.0. The summed E-state index contributed by atoms with van der Waals surface area (Å²) in [5.74, 6) is 0.807. The molecule has 0 radical (unpaired) electrons. The fraction of sp³-hybridized carbons (Fsp3) is 0.706. The van der Waals surface area contributed by atoms with Gasteiger partial charge in [0, 0.05) is 29.5 Å². The summed E-state index contributed by atoms with van der Waals surface area (Å²) < 4.78 is 1.03. The number of nitrogens with two attached hydrogens (primary N) is 1. The molecule has 2 heterocycles. The summed E-state index contributed by atoms with van der Waals surface area (Å²) >= 11 is 3.51. The minimum absolute atomic E-state index is 0.286. The molecule has 1 fully saturated rings. The molecule has 0 aliphatic carbocycles. The van der Waals surface area contributed by atoms with Crippen LogP contribution in [-0.2, 0) is 0 Å². The number of aromatic nitrogens is 1. The van der Waals surface area contributed by atoms with Crippen LogP contribution in [0.4, 0.5) is 0 Å². The second kappa shape index (κ2) is 7.21. The van der Waals surface area contributed by atoms with E-state index in [1.807, 2.05) is 12.4 Å². The smallest absolute Gasteiger partial charge is 0.0486 e. The fourth-order valence-electron chi connectivity index (χ4n) is 3.40. The molecule has 4 heteroatoms. The van der Waals surface area contributed by atoms with Crippen molar-refractivity contribution in [3.8, 4) is 0 Å². The highest BCUT2D eigenvalue weighted by atomic mass is 79.9. The number of halogens is 1. The first-order valence-electron chi connectivity index (χ1n) is 7.96. The molecular weight excluding hydrogens is 326 g/mol. The fourth-order valence-corrected chi connectivity index (χ4v) is 3.79. The first kappa shape index (κ1) is 16.9. The molecule has 1 aliphatic rings. The molecule has 21 heavy (non-hydrogen) atoms. The summed E-state index contributed by atoms with van der Waals surface area (Å²) in [5, 5.41) is 0. The highest BCUT2D eigenvalue weighted by molar-refractivity contribution is 9.10. The Bertz CT molecular complexity index is 456. The van der Waals surface area contributed by atoms with Crippen molar-refractivity contribution < 1.29 is 0 Å². The predicted molar refractivity (Wildman–Crippen MR) is 92.1 cm³/mol. The number of likely N-dealkylation sites (tertiary alicyclic amines) is 1. The lowest BCUT2D eigenvalue weighted by Crippen LogP contribution is -2.35. The van der Waals surface area contributed by atoms with Crippen LogP contribution in [0.25, 0.3) is 0 Å². The minimum atomic E-state index is 0.286. The number of rotatable bonds is 3. The van der Waals surface area contributed by atoms with Gasteiger partial charge < -0.3 is 5.73 Å². The first-order chi connectivity index (χ1) is 9.91. The zero-order valence-electron chi connectivity index (χ0n) is 13.5. The van der Waals surface area contributed by atoms with E-state index in [1.54, 1.807) is 0 Å². The van der Waals surface area contributed by atoms with E-state index in [4.69, 9.17) is 5.73 Å². The number of nitrogens with zero attached hydrogens (tertiary/aromatic N) is 2. The van der Waals surface area contributed by atoms with Crippen LogP contribution in [-0.4, -0.2) is 29.5 Å². The Balaban J connectivity index is 2.09. The Kier molecular flexibility index (Phi) is 5.81. The maximum atomic E-state index is 6.07. The Morgan fingerprint density at radius 3 is 2.71 bits per heavy atom. The van der Waals surface area contributed by atoms with E-state index in [0.29, 0.717) is 12.0 Å². The van der Waals surface area contributed by atoms with Crippen LogP contribution in [0.15, 0.2) is 22.9 Å². The summed E-state index contributed by atoms with van der Waals surface area (Å²) in [6, 6.07) is 2.44. The van der Waals surface area contributed by atoms with Gasteiger partial charge in [-0.1, -0.05) is 20.8 Å². The molecule has 2 N–H and O–H groups in total. The molecule has 1 aromatic rings. The lowest BCUT2D eigenvalue weighted by molar-refractivity contribution is 0.184. The average molecular weight is 354 g/mol. The molecule has 2 unspecified atom stereocenters. The monoisotopic (exact) mass is 353 g/mol. The average Bonchev–Trinajstić information content (AvgIpc) is 2.65. The molecular formula is C17H28BrN3. The van der Waals surface area contributed by atoms with E-state index in [0.717, 1.165) is 23.5 Å². The lowest BCUT2D eigenvalue weighted by atomic mass is 9.77. The maximum Gasteiger partial charge on any atom is 0.0486 e. The Hall–Kier alpha value is -0.450. The molecule has 2 atom stereocenters. The predicted octanol–water partition coefficient (Wildman–Crippen LogP) is 3.99. The van der Waals surface area contributed by atoms with Crippen LogP contribution in [0, 0.1) is 11.3 Å². The second-order valence-electron chi connectivity index (χ2n) is 7.22. The van der Waals surface area contributed by atoms with E-state index in [9.17, 15) is 0 Å². The normalized spacial score (nSPS) is 22.8. The highest BCUT2D eigenvalue weighted by Crippen LogP contribution is 2.36. The summed E-state index contributed by atoms with van der Waals surface area (Å²) in [7, 11) is 0. The van der Waals surface area contributed by atoms with Crippen molar-refractivity contribution >= 4 is 15.9 Å². The highest BCUT2D eigenvalue weighted by Gasteiger charge is 2.29. The van der Waals surface area contributed by atoms with Gasteiger partial charge in [0.05, 0.1) is 0 Å². The van der Waals surface area contributed by atoms with Crippen LogP contribution < -0.4 is 5.73 Å². The van der Waals surface area contributed by atoms with Crippen molar-refractivity contribution in [2.75, 3.05) is 19.6 Å². The van der Waals surface area contributed by atoms with Gasteiger partial charge in [-0.25, -0.2) is 0 Å². The molecule has 1 aliphatic heterocycles. The van der Waals surface area contributed by atoms with Gasteiger partial charge in [-0.15, -0.1) is 0 Å². The van der Waals surface area contributed by atoms with Crippen molar-refractivity contribution in [1.82, 2.24) is 9.88 Å². The molecule has 0 aromatic carbocycles. The van der Waals surface area contributed by atoms with E-state index >= 15 is 0 Å². The summed E-state index contributed by atoms with van der Waals surface area (Å²) in [4.78, 5) is 6.85. The van der Waals surface area contributed by atoms with Gasteiger partial charge in [-0.05, 0) is 71.2 Å². The van der Waals surface area contributed by atoms with Crippen LogP contribution in [0.1, 0.15) is 51.6 Å². The van der Waals surface area contributed by atoms with Gasteiger partial charge >= 0.3 is 0 Å². The van der Waals surface area contributed by atoms with Crippen LogP contribution in [0.3, 0.4) is 0 Å². The Labute approximate surface area is 137 Å². The third-order valence-corrected chi connectivity index (χ3v) is 5.20. The molecule has 0 spiro atoms. The van der Waals surface area contributed by atoms with Gasteiger partial charge in [-0.3, -0.25) is 9.88 Å². The summed E-state index contributed by atoms with van der Waals surface area (Å²) in [5.41, 5.74) is 7.70. The first-order valence-corrected chi connectivity index (χ1v) is 8.75. The lowest BCUT2D eigenvalue weighted by Gasteiger charge is -2.32. The molecule has 1 aromatic heterocycles. The second-order valence-corrected chi connectivity index (χ2v) is 8.13. The third-order valence-electron chi connectivity index (χ3n) is 4.76. The van der Waals surface area contributed by atoms with Gasteiger partial charge in [0.2, 0.25) is 0 Å². The van der Waals surface area contributed by atoms with E-state index in [-0.39, 0.29) is 6.04 Å². The van der Waals surface area contributed by atoms with Gasteiger partial charge in [0.25, 0.3) is 0 Å². The van der Waals surface area contributed by atoms with Crippen molar-refractivity contribution in [2.24, 2.45) is 17.1 Å². The van der Waals surface area contributed by atoms with Crippen molar-refractivity contribution in [3.05, 3.63) is 28.5 Å². The zero-order chi connectivity index (χ0) is 15.5. The van der Waals surface area contributed by atoms with Crippen molar-refractivity contribution in [2.45, 2.75) is 46.1 Å². The molecule has 1 saturated heterocycles. The van der Waals surface area contributed by atoms with E-state index in [1.165, 1.54) is 24.8 Å². The maximum absolute atomic E-state index is 6.07. The SMILES string of the molecule is CC(C)(C)C1CCCN(C(CN)c2cncc(Br)c2)CC1. The number of pyridine rings is 1. The summed E-state index contributed by atoms with van der Waals surface area (Å²) in [6.07, 6.45) is 7.64. The van der Waals surface area contributed by atoms with Crippen molar-refractivity contribution in [1.29, 1.82) is 0 Å². The number of hydrogen-bond donors (Lipinski definition) is 1. The Morgan fingerprint density at radius 1 is 1.33 bits per heavy atom. The standard InChI is InChI=1S/C17H28BrN3/c1-17(2,3)14-5-4-7-21(8-6-14)16(10-19)13-9-15(18)12-20-11-13/h9,11-12,14,16H,4-8,10,19H2,1-3H3. The molecule has 3 nitrogen and oxygen atoms in total.